The van der Waals surface area contributed by atoms with Gasteiger partial charge in [0.2, 0.25) is 11.7 Å². The second-order valence-corrected chi connectivity index (χ2v) is 8.87. The summed E-state index contributed by atoms with van der Waals surface area (Å²) in [6, 6.07) is 16.5. The molecule has 0 aliphatic heterocycles. The summed E-state index contributed by atoms with van der Waals surface area (Å²) >= 11 is 0. The largest absolute Gasteiger partial charge is 0.493 e. The van der Waals surface area contributed by atoms with Crippen molar-refractivity contribution in [3.8, 4) is 34.4 Å². The van der Waals surface area contributed by atoms with E-state index in [0.717, 1.165) is 5.56 Å². The van der Waals surface area contributed by atoms with Gasteiger partial charge in [-0.05, 0) is 48.4 Å². The van der Waals surface area contributed by atoms with E-state index in [-0.39, 0.29) is 30.1 Å². The number of rotatable bonds is 13. The third-order valence-corrected chi connectivity index (χ3v) is 6.41. The van der Waals surface area contributed by atoms with E-state index in [9.17, 15) is 14.9 Å². The highest BCUT2D eigenvalue weighted by Gasteiger charge is 2.20. The minimum absolute atomic E-state index is 0.160. The average molecular weight is 563 g/mol. The summed E-state index contributed by atoms with van der Waals surface area (Å²) in [6.45, 7) is 0.566. The summed E-state index contributed by atoms with van der Waals surface area (Å²) in [4.78, 5) is 30.4. The van der Waals surface area contributed by atoms with Crippen LogP contribution in [0.3, 0.4) is 0 Å². The number of carbonyl (C=O) groups is 1. The van der Waals surface area contributed by atoms with Crippen molar-refractivity contribution in [2.75, 3.05) is 41.5 Å². The summed E-state index contributed by atoms with van der Waals surface area (Å²) in [6.07, 6.45) is 0.772. The number of nitro groups is 1. The molecule has 0 saturated carbocycles. The highest BCUT2D eigenvalue weighted by Crippen LogP contribution is 2.31. The van der Waals surface area contributed by atoms with E-state index in [0.29, 0.717) is 53.2 Å². The number of hydrogen-bond donors (Lipinski definition) is 0. The molecule has 0 bridgehead atoms. The number of methoxy groups -OCH3 is 4. The second-order valence-electron chi connectivity index (χ2n) is 8.87. The molecular formula is C29H30N4O8. The molecule has 4 rings (SSSR count). The van der Waals surface area contributed by atoms with Crippen LogP contribution in [-0.2, 0) is 12.8 Å². The molecule has 12 heteroatoms. The molecule has 0 unspecified atom stereocenters. The summed E-state index contributed by atoms with van der Waals surface area (Å²) < 4.78 is 26.8. The summed E-state index contributed by atoms with van der Waals surface area (Å²) in [5.74, 6) is 2.62. The number of hydrogen-bond acceptors (Lipinski definition) is 10. The van der Waals surface area contributed by atoms with Gasteiger partial charge >= 0.3 is 0 Å². The molecule has 214 valence electrons. The Kier molecular flexibility index (Phi) is 9.35. The summed E-state index contributed by atoms with van der Waals surface area (Å²) in [5.41, 5.74) is 1.65. The molecule has 1 amide bonds. The molecule has 0 spiro atoms. The smallest absolute Gasteiger partial charge is 0.270 e. The summed E-state index contributed by atoms with van der Waals surface area (Å²) in [5, 5.41) is 15.4. The first kappa shape index (κ1) is 28.9. The summed E-state index contributed by atoms with van der Waals surface area (Å²) in [7, 11) is 6.21. The zero-order valence-electron chi connectivity index (χ0n) is 23.2. The maximum atomic E-state index is 13.5. The Bertz CT molecular complexity index is 1520. The third-order valence-electron chi connectivity index (χ3n) is 6.41. The number of ether oxygens (including phenoxy) is 4. The maximum absolute atomic E-state index is 13.5. The van der Waals surface area contributed by atoms with Crippen LogP contribution in [0.1, 0.15) is 21.8 Å². The minimum atomic E-state index is -0.529. The van der Waals surface area contributed by atoms with Gasteiger partial charge in [-0.25, -0.2) is 0 Å². The lowest BCUT2D eigenvalue weighted by Gasteiger charge is -2.22. The lowest BCUT2D eigenvalue weighted by atomic mass is 10.1. The third kappa shape index (κ3) is 6.90. The van der Waals surface area contributed by atoms with Crippen molar-refractivity contribution in [3.63, 3.8) is 0 Å². The highest BCUT2D eigenvalue weighted by atomic mass is 16.6. The normalized spacial score (nSPS) is 10.6. The van der Waals surface area contributed by atoms with Crippen molar-refractivity contribution in [1.82, 2.24) is 15.0 Å². The fourth-order valence-electron chi connectivity index (χ4n) is 4.23. The van der Waals surface area contributed by atoms with Crippen LogP contribution in [0.25, 0.3) is 11.4 Å². The van der Waals surface area contributed by atoms with Crippen molar-refractivity contribution in [1.29, 1.82) is 0 Å². The Morgan fingerprint density at radius 1 is 0.854 bits per heavy atom. The molecule has 0 fully saturated rings. The monoisotopic (exact) mass is 562 g/mol. The van der Waals surface area contributed by atoms with Gasteiger partial charge in [-0.3, -0.25) is 14.9 Å². The Labute approximate surface area is 236 Å². The predicted molar refractivity (Wildman–Crippen MR) is 149 cm³/mol. The van der Waals surface area contributed by atoms with E-state index in [1.165, 1.54) is 25.3 Å². The van der Waals surface area contributed by atoms with Gasteiger partial charge in [-0.2, -0.15) is 4.98 Å². The predicted octanol–water partition coefficient (Wildman–Crippen LogP) is 4.61. The Morgan fingerprint density at radius 3 is 2.20 bits per heavy atom. The van der Waals surface area contributed by atoms with E-state index in [2.05, 4.69) is 10.1 Å². The quantitative estimate of drug-likeness (QED) is 0.168. The van der Waals surface area contributed by atoms with Crippen molar-refractivity contribution in [2.24, 2.45) is 0 Å². The van der Waals surface area contributed by atoms with Crippen LogP contribution in [0.4, 0.5) is 5.69 Å². The molecule has 0 saturated heterocycles. The number of amides is 1. The van der Waals surface area contributed by atoms with Gasteiger partial charge in [0.15, 0.2) is 23.0 Å². The van der Waals surface area contributed by atoms with Crippen molar-refractivity contribution in [2.45, 2.75) is 12.8 Å². The van der Waals surface area contributed by atoms with Gasteiger partial charge in [0, 0.05) is 42.8 Å². The first-order valence-electron chi connectivity index (χ1n) is 12.7. The van der Waals surface area contributed by atoms with E-state index in [1.54, 1.807) is 56.6 Å². The second kappa shape index (κ2) is 13.3. The zero-order valence-corrected chi connectivity index (χ0v) is 23.2. The first-order chi connectivity index (χ1) is 19.9. The van der Waals surface area contributed by atoms with Crippen LogP contribution < -0.4 is 18.9 Å². The van der Waals surface area contributed by atoms with Crippen LogP contribution in [0.2, 0.25) is 0 Å². The molecule has 12 nitrogen and oxygen atoms in total. The van der Waals surface area contributed by atoms with Gasteiger partial charge in [-0.15, -0.1) is 0 Å². The number of carbonyl (C=O) groups excluding carboxylic acids is 1. The number of nitrogens with zero attached hydrogens (tertiary/aromatic N) is 4. The molecule has 0 atom stereocenters. The molecular weight excluding hydrogens is 532 g/mol. The van der Waals surface area contributed by atoms with Gasteiger partial charge in [0.25, 0.3) is 11.6 Å². The van der Waals surface area contributed by atoms with E-state index in [1.807, 2.05) is 12.1 Å². The van der Waals surface area contributed by atoms with Crippen molar-refractivity contribution >= 4 is 11.6 Å². The lowest BCUT2D eigenvalue weighted by Crippen LogP contribution is -2.35. The van der Waals surface area contributed by atoms with E-state index >= 15 is 0 Å². The van der Waals surface area contributed by atoms with Crippen LogP contribution in [0, 0.1) is 10.1 Å². The van der Waals surface area contributed by atoms with Crippen LogP contribution in [-0.4, -0.2) is 67.4 Å². The molecule has 0 radical (unpaired) electrons. The number of nitro benzene ring substituents is 1. The van der Waals surface area contributed by atoms with E-state index < -0.39 is 4.92 Å². The molecule has 1 heterocycles. The Balaban J connectivity index is 1.53. The Hall–Kier alpha value is -5.13. The van der Waals surface area contributed by atoms with Crippen LogP contribution >= 0.6 is 0 Å². The number of benzene rings is 3. The average Bonchev–Trinajstić information content (AvgIpc) is 3.49. The number of aromatic nitrogens is 2. The van der Waals surface area contributed by atoms with Crippen molar-refractivity contribution < 1.29 is 33.2 Å². The standard InChI is InChI=1S/C29H30N4O8/c1-37-23-10-8-19(16-25(23)39-3)12-14-32(29(34)21-6-5-7-22(17-21)33(35)36)15-13-27-30-28(31-41-27)20-9-11-24(38-2)26(18-20)40-4/h5-11,16-18H,12-15H2,1-4H3. The van der Waals surface area contributed by atoms with Gasteiger partial charge < -0.3 is 28.4 Å². The SMILES string of the molecule is COc1ccc(CCN(CCc2nc(-c3ccc(OC)c(OC)c3)no2)C(=O)c2cccc([N+](=O)[O-])c2)cc1OC. The molecule has 0 aliphatic carbocycles. The van der Waals surface area contributed by atoms with Gasteiger partial charge in [0.05, 0.1) is 33.4 Å². The van der Waals surface area contributed by atoms with Gasteiger partial charge in [0.1, 0.15) is 0 Å². The maximum Gasteiger partial charge on any atom is 0.270 e. The Morgan fingerprint density at radius 2 is 1.51 bits per heavy atom. The van der Waals surface area contributed by atoms with Crippen LogP contribution in [0.5, 0.6) is 23.0 Å². The van der Waals surface area contributed by atoms with Gasteiger partial charge in [-0.1, -0.05) is 17.3 Å². The fraction of sp³-hybridized carbons (Fsp3) is 0.276. The highest BCUT2D eigenvalue weighted by molar-refractivity contribution is 5.94. The lowest BCUT2D eigenvalue weighted by molar-refractivity contribution is -0.384. The minimum Gasteiger partial charge on any atom is -0.493 e. The molecule has 0 N–H and O–H groups in total. The zero-order chi connectivity index (χ0) is 29.4. The van der Waals surface area contributed by atoms with E-state index in [4.69, 9.17) is 23.5 Å². The molecule has 0 aliphatic rings. The molecule has 3 aromatic carbocycles. The topological polar surface area (TPSA) is 139 Å². The fourth-order valence-corrected chi connectivity index (χ4v) is 4.23. The number of non-ortho nitro benzene ring substituents is 1. The van der Waals surface area contributed by atoms with Crippen LogP contribution in [0.15, 0.2) is 65.2 Å². The van der Waals surface area contributed by atoms with Crippen molar-refractivity contribution in [3.05, 3.63) is 87.8 Å². The molecule has 1 aromatic heterocycles. The molecule has 41 heavy (non-hydrogen) atoms. The first-order valence-corrected chi connectivity index (χ1v) is 12.7. The molecule has 4 aromatic rings.